The maximum absolute atomic E-state index is 11.1. The summed E-state index contributed by atoms with van der Waals surface area (Å²) in [4.78, 5) is 11.1. The molecule has 0 saturated heterocycles. The molecule has 1 aromatic carbocycles. The van der Waals surface area contributed by atoms with E-state index >= 15 is 0 Å². The molecule has 17 heavy (non-hydrogen) atoms. The Morgan fingerprint density at radius 2 is 2.06 bits per heavy atom. The van der Waals surface area contributed by atoms with Crippen molar-refractivity contribution in [1.29, 1.82) is 0 Å². The van der Waals surface area contributed by atoms with E-state index < -0.39 is 17.4 Å². The summed E-state index contributed by atoms with van der Waals surface area (Å²) in [6.07, 6.45) is -1.09. The van der Waals surface area contributed by atoms with E-state index in [2.05, 4.69) is 4.74 Å². The number of methoxy groups -OCH3 is 1. The lowest BCUT2D eigenvalue weighted by atomic mass is 10.2. The number of hydrogen-bond donors (Lipinski definition) is 1. The topological polar surface area (TPSA) is 76.1 Å². The van der Waals surface area contributed by atoms with E-state index in [1.807, 2.05) is 0 Å². The van der Waals surface area contributed by atoms with Gasteiger partial charge >= 0.3 is 6.09 Å². The fraction of sp³-hybridized carbons (Fsp3) is 0.222. The molecule has 1 aromatic rings. The monoisotopic (exact) mass is 279 g/mol. The Bertz CT molecular complexity index is 410. The molecule has 0 bridgehead atoms. The van der Waals surface area contributed by atoms with Gasteiger partial charge in [-0.05, 0) is 17.7 Å². The van der Waals surface area contributed by atoms with E-state index in [1.54, 1.807) is 24.3 Å². The molecule has 0 spiro atoms. The van der Waals surface area contributed by atoms with Crippen LogP contribution in [0.1, 0.15) is 5.56 Å². The minimum atomic E-state index is -2.60. The lowest BCUT2D eigenvalue weighted by Gasteiger charge is -2.09. The number of amides is 1. The van der Waals surface area contributed by atoms with Gasteiger partial charge in [-0.25, -0.2) is 9.00 Å². The van der Waals surface area contributed by atoms with Gasteiger partial charge in [0.05, 0.1) is 7.11 Å². The van der Waals surface area contributed by atoms with Gasteiger partial charge in [-0.3, -0.25) is 4.55 Å². The van der Waals surface area contributed by atoms with Crippen molar-refractivity contribution in [2.24, 2.45) is 0 Å². The number of carbonyl (C=O) groups is 1. The molecule has 1 amide bonds. The van der Waals surface area contributed by atoms with Gasteiger partial charge in [0, 0.05) is 11.8 Å². The molecule has 0 saturated carbocycles. The zero-order valence-electron chi connectivity index (χ0n) is 8.83. The van der Waals surface area contributed by atoms with E-state index in [0.29, 0.717) is 11.3 Å². The second-order valence-electron chi connectivity index (χ2n) is 2.88. The van der Waals surface area contributed by atoms with Crippen LogP contribution in [0.4, 0.5) is 4.79 Å². The van der Waals surface area contributed by atoms with Gasteiger partial charge in [0.15, 0.2) is 0 Å². The van der Waals surface area contributed by atoms with Gasteiger partial charge in [-0.1, -0.05) is 12.1 Å². The summed E-state index contributed by atoms with van der Waals surface area (Å²) in [7, 11) is 1.54. The first-order valence-electron chi connectivity index (χ1n) is 4.41. The van der Waals surface area contributed by atoms with Crippen LogP contribution < -0.4 is 4.74 Å². The lowest BCUT2D eigenvalue weighted by molar-refractivity contribution is 0.132. The molecule has 0 radical (unpaired) electrons. The zero-order valence-corrected chi connectivity index (χ0v) is 10.4. The average Bonchev–Trinajstić information content (AvgIpc) is 2.35. The van der Waals surface area contributed by atoms with Crippen LogP contribution in [0, 0.1) is 0 Å². The fourth-order valence-electron chi connectivity index (χ4n) is 0.981. The van der Waals surface area contributed by atoms with Crippen LogP contribution in [0.5, 0.6) is 5.75 Å². The van der Waals surface area contributed by atoms with Gasteiger partial charge in [-0.15, -0.1) is 3.82 Å². The highest BCUT2D eigenvalue weighted by atomic mass is 35.5. The number of rotatable bonds is 4. The molecule has 8 heteroatoms. The Balaban J connectivity index is 2.50. The number of halogens is 1. The summed E-state index contributed by atoms with van der Waals surface area (Å²) in [5.74, 6) is 0.676. The van der Waals surface area contributed by atoms with Crippen molar-refractivity contribution in [1.82, 2.24) is 3.82 Å². The van der Waals surface area contributed by atoms with Gasteiger partial charge in [0.25, 0.3) is 11.3 Å². The minimum Gasteiger partial charge on any atom is -0.497 e. The van der Waals surface area contributed by atoms with E-state index in [9.17, 15) is 9.00 Å². The van der Waals surface area contributed by atoms with Crippen molar-refractivity contribution in [2.75, 3.05) is 7.11 Å². The zero-order chi connectivity index (χ0) is 12.8. The van der Waals surface area contributed by atoms with E-state index in [0.717, 1.165) is 0 Å². The molecule has 1 atom stereocenters. The number of carbonyl (C=O) groups excluding carboxylic acids is 1. The molecule has 0 heterocycles. The third-order valence-electron chi connectivity index (χ3n) is 1.80. The second kappa shape index (κ2) is 6.43. The first-order valence-corrected chi connectivity index (χ1v) is 5.81. The van der Waals surface area contributed by atoms with Crippen LogP contribution in [0.25, 0.3) is 0 Å². The molecule has 1 unspecified atom stereocenters. The van der Waals surface area contributed by atoms with E-state index in [1.165, 1.54) is 7.11 Å². The molecule has 94 valence electrons. The maximum atomic E-state index is 11.1. The molecular weight excluding hydrogens is 270 g/mol. The van der Waals surface area contributed by atoms with Crippen molar-refractivity contribution in [2.45, 2.75) is 6.61 Å². The molecular formula is C9H10ClNO5S. The quantitative estimate of drug-likeness (QED) is 0.673. The van der Waals surface area contributed by atoms with Crippen molar-refractivity contribution < 1.29 is 23.0 Å². The minimum absolute atomic E-state index is 0.0523. The Kier molecular flexibility index (Phi) is 5.20. The van der Waals surface area contributed by atoms with Crippen molar-refractivity contribution in [3.63, 3.8) is 0 Å². The predicted octanol–water partition coefficient (Wildman–Crippen LogP) is 1.92. The smallest absolute Gasteiger partial charge is 0.439 e. The van der Waals surface area contributed by atoms with Crippen LogP contribution in [0.2, 0.25) is 0 Å². The third-order valence-corrected chi connectivity index (χ3v) is 2.72. The summed E-state index contributed by atoms with van der Waals surface area (Å²) < 4.78 is 28.6. The Morgan fingerprint density at radius 1 is 1.47 bits per heavy atom. The summed E-state index contributed by atoms with van der Waals surface area (Å²) in [5.41, 5.74) is 0.702. The fourth-order valence-corrected chi connectivity index (χ4v) is 1.21. The standard InChI is InChI=1S/C9H10ClNO5S/c1-15-8-4-2-7(3-5-8)6-16-9(12)11(10)17(13)14/h2-5H,6H2,1H3,(H,13,14). The van der Waals surface area contributed by atoms with Crippen LogP contribution in [0.15, 0.2) is 24.3 Å². The van der Waals surface area contributed by atoms with Crippen LogP contribution in [-0.4, -0.2) is 25.8 Å². The highest BCUT2D eigenvalue weighted by Crippen LogP contribution is 2.12. The number of ether oxygens (including phenoxy) is 2. The molecule has 0 aromatic heterocycles. The summed E-state index contributed by atoms with van der Waals surface area (Å²) in [6, 6.07) is 6.79. The summed E-state index contributed by atoms with van der Waals surface area (Å²) in [6.45, 7) is -0.0523. The first-order chi connectivity index (χ1) is 8.04. The molecule has 0 aliphatic carbocycles. The Labute approximate surface area is 106 Å². The molecule has 0 fully saturated rings. The highest BCUT2D eigenvalue weighted by molar-refractivity contribution is 7.78. The first kappa shape index (κ1) is 13.8. The van der Waals surface area contributed by atoms with Gasteiger partial charge in [0.1, 0.15) is 12.4 Å². The second-order valence-corrected chi connectivity index (χ2v) is 4.24. The number of nitrogens with zero attached hydrogens (tertiary/aromatic N) is 1. The van der Waals surface area contributed by atoms with Crippen molar-refractivity contribution in [3.05, 3.63) is 29.8 Å². The van der Waals surface area contributed by atoms with Gasteiger partial charge < -0.3 is 9.47 Å². The van der Waals surface area contributed by atoms with Crippen molar-refractivity contribution >= 4 is 29.1 Å². The van der Waals surface area contributed by atoms with Gasteiger partial charge in [0.2, 0.25) is 0 Å². The number of benzene rings is 1. The summed E-state index contributed by atoms with van der Waals surface area (Å²) in [5, 5.41) is 0. The predicted molar refractivity (Wildman–Crippen MR) is 61.6 cm³/mol. The highest BCUT2D eigenvalue weighted by Gasteiger charge is 2.17. The Morgan fingerprint density at radius 3 is 2.53 bits per heavy atom. The molecule has 1 N–H and O–H groups in total. The van der Waals surface area contributed by atoms with E-state index in [-0.39, 0.29) is 10.4 Å². The third kappa shape index (κ3) is 4.22. The molecule has 1 rings (SSSR count). The molecule has 0 aliphatic rings. The van der Waals surface area contributed by atoms with Crippen LogP contribution >= 0.6 is 11.8 Å². The lowest BCUT2D eigenvalue weighted by Crippen LogP contribution is -2.23. The van der Waals surface area contributed by atoms with E-state index in [4.69, 9.17) is 21.1 Å². The molecule has 0 aliphatic heterocycles. The number of hydrogen-bond acceptors (Lipinski definition) is 4. The average molecular weight is 280 g/mol. The SMILES string of the molecule is COc1ccc(COC(=O)N(Cl)S(=O)O)cc1. The normalized spacial score (nSPS) is 11.7. The van der Waals surface area contributed by atoms with Crippen molar-refractivity contribution in [3.8, 4) is 5.75 Å². The summed E-state index contributed by atoms with van der Waals surface area (Å²) >= 11 is 2.57. The maximum Gasteiger partial charge on any atom is 0.439 e. The van der Waals surface area contributed by atoms with Crippen LogP contribution in [0.3, 0.4) is 0 Å². The van der Waals surface area contributed by atoms with Gasteiger partial charge in [-0.2, -0.15) is 0 Å². The largest absolute Gasteiger partial charge is 0.497 e. The molecule has 6 nitrogen and oxygen atoms in total. The Hall–Kier alpha value is -1.31. The van der Waals surface area contributed by atoms with Crippen LogP contribution in [-0.2, 0) is 22.6 Å².